The van der Waals surface area contributed by atoms with Crippen LogP contribution in [-0.2, 0) is 0 Å². The van der Waals surface area contributed by atoms with Gasteiger partial charge in [0.15, 0.2) is 10.3 Å². The lowest BCUT2D eigenvalue weighted by atomic mass is 10.5. The van der Waals surface area contributed by atoms with Gasteiger partial charge in [-0.15, -0.1) is 0 Å². The molecule has 0 radical (unpaired) electrons. The molecule has 1 nitrogen and oxygen atoms in total. The summed E-state index contributed by atoms with van der Waals surface area (Å²) in [5.41, 5.74) is 0. The number of pyridine rings is 1. The molecular weight excluding hydrogens is 296 g/mol. The topological polar surface area (TPSA) is 12.9 Å². The van der Waals surface area contributed by atoms with Gasteiger partial charge < -0.3 is 0 Å². The molecule has 0 atom stereocenters. The summed E-state index contributed by atoms with van der Waals surface area (Å²) in [6.45, 7) is 0. The highest BCUT2D eigenvalue weighted by Gasteiger charge is 2.12. The van der Waals surface area contributed by atoms with E-state index in [0.717, 1.165) is 0 Å². The minimum Gasteiger partial charge on any atom is -0.221 e. The zero-order valence-electron chi connectivity index (χ0n) is 4.84. The van der Waals surface area contributed by atoms with Crippen LogP contribution in [0, 0.1) is 0 Å². The van der Waals surface area contributed by atoms with Crippen molar-refractivity contribution in [2.24, 2.45) is 0 Å². The van der Waals surface area contributed by atoms with Crippen LogP contribution in [0.2, 0.25) is 20.4 Å². The monoisotopic (exact) mass is 293 g/mol. The molecular formula is C5BrCl4N. The van der Waals surface area contributed by atoms with Crippen LogP contribution in [0.15, 0.2) is 4.47 Å². The van der Waals surface area contributed by atoms with E-state index in [1.54, 1.807) is 0 Å². The molecule has 0 aliphatic carbocycles. The quantitative estimate of drug-likeness (QED) is 0.644. The number of hydrogen-bond donors (Lipinski definition) is 0. The molecule has 0 aliphatic rings. The van der Waals surface area contributed by atoms with Crippen LogP contribution in [0.5, 0.6) is 0 Å². The normalized spacial score (nSPS) is 10.3. The molecule has 0 aliphatic heterocycles. The van der Waals surface area contributed by atoms with Gasteiger partial charge in [-0.3, -0.25) is 0 Å². The van der Waals surface area contributed by atoms with E-state index in [1.807, 2.05) is 0 Å². The molecule has 0 amide bonds. The van der Waals surface area contributed by atoms with E-state index in [9.17, 15) is 0 Å². The van der Waals surface area contributed by atoms with E-state index in [1.165, 1.54) is 0 Å². The highest BCUT2D eigenvalue weighted by atomic mass is 79.9. The third kappa shape index (κ3) is 1.93. The Kier molecular flexibility index (Phi) is 3.29. The lowest BCUT2D eigenvalue weighted by Crippen LogP contribution is -1.82. The molecule has 0 bridgehead atoms. The van der Waals surface area contributed by atoms with Crippen LogP contribution in [-0.4, -0.2) is 4.98 Å². The molecule has 1 aromatic heterocycles. The number of nitrogens with zero attached hydrogens (tertiary/aromatic N) is 1. The minimum absolute atomic E-state index is 0.132. The highest BCUT2D eigenvalue weighted by Crippen LogP contribution is 2.37. The van der Waals surface area contributed by atoms with Crippen molar-refractivity contribution in [3.8, 4) is 0 Å². The molecule has 1 heterocycles. The second kappa shape index (κ2) is 3.67. The highest BCUT2D eigenvalue weighted by molar-refractivity contribution is 9.10. The Bertz CT molecular complexity index is 275. The maximum atomic E-state index is 5.67. The van der Waals surface area contributed by atoms with Gasteiger partial charge in [-0.25, -0.2) is 4.98 Å². The number of halogens is 5. The second-order valence-electron chi connectivity index (χ2n) is 1.64. The van der Waals surface area contributed by atoms with E-state index >= 15 is 0 Å². The van der Waals surface area contributed by atoms with Crippen molar-refractivity contribution in [3.05, 3.63) is 24.8 Å². The maximum Gasteiger partial charge on any atom is 0.150 e. The van der Waals surface area contributed by atoms with Crippen molar-refractivity contribution in [2.45, 2.75) is 0 Å². The molecule has 11 heavy (non-hydrogen) atoms. The first-order valence-corrected chi connectivity index (χ1v) is 4.70. The first-order chi connectivity index (χ1) is 5.04. The standard InChI is InChI=1S/C5BrCl4N/c6-1-2(7)4(9)11-5(10)3(1)8. The smallest absolute Gasteiger partial charge is 0.150 e. The van der Waals surface area contributed by atoms with Gasteiger partial charge in [0.25, 0.3) is 0 Å². The number of aromatic nitrogens is 1. The predicted molar refractivity (Wildman–Crippen MR) is 52.0 cm³/mol. The molecule has 1 rings (SSSR count). The van der Waals surface area contributed by atoms with Gasteiger partial charge in [0.1, 0.15) is 0 Å². The summed E-state index contributed by atoms with van der Waals surface area (Å²) in [5.74, 6) is 0. The Morgan fingerprint density at radius 1 is 0.909 bits per heavy atom. The molecule has 0 spiro atoms. The first kappa shape index (κ1) is 9.87. The third-order valence-electron chi connectivity index (χ3n) is 0.944. The number of hydrogen-bond acceptors (Lipinski definition) is 1. The Labute approximate surface area is 91.7 Å². The summed E-state index contributed by atoms with van der Waals surface area (Å²) in [7, 11) is 0. The lowest BCUT2D eigenvalue weighted by Gasteiger charge is -2.01. The maximum absolute atomic E-state index is 5.67. The predicted octanol–water partition coefficient (Wildman–Crippen LogP) is 4.46. The molecule has 60 valence electrons. The van der Waals surface area contributed by atoms with E-state index in [4.69, 9.17) is 46.4 Å². The molecule has 0 N–H and O–H groups in total. The Morgan fingerprint density at radius 2 is 1.27 bits per heavy atom. The zero-order chi connectivity index (χ0) is 8.59. The van der Waals surface area contributed by atoms with Crippen molar-refractivity contribution in [3.63, 3.8) is 0 Å². The van der Waals surface area contributed by atoms with Crippen LogP contribution in [0.25, 0.3) is 0 Å². The van der Waals surface area contributed by atoms with Crippen LogP contribution >= 0.6 is 62.3 Å². The summed E-state index contributed by atoms with van der Waals surface area (Å²) >= 11 is 25.6. The van der Waals surface area contributed by atoms with E-state index in [2.05, 4.69) is 20.9 Å². The molecule has 0 saturated carbocycles. The second-order valence-corrected chi connectivity index (χ2v) is 3.90. The van der Waals surface area contributed by atoms with E-state index in [0.29, 0.717) is 4.47 Å². The van der Waals surface area contributed by atoms with E-state index < -0.39 is 0 Å². The first-order valence-electron chi connectivity index (χ1n) is 2.39. The van der Waals surface area contributed by atoms with Crippen molar-refractivity contribution >= 4 is 62.3 Å². The van der Waals surface area contributed by atoms with Gasteiger partial charge in [0.2, 0.25) is 0 Å². The minimum atomic E-state index is 0.132. The van der Waals surface area contributed by atoms with Gasteiger partial charge in [0.05, 0.1) is 14.5 Å². The summed E-state index contributed by atoms with van der Waals surface area (Å²) in [6, 6.07) is 0. The number of rotatable bonds is 0. The molecule has 6 heteroatoms. The van der Waals surface area contributed by atoms with Crippen LogP contribution < -0.4 is 0 Å². The van der Waals surface area contributed by atoms with Crippen molar-refractivity contribution in [2.75, 3.05) is 0 Å². The van der Waals surface area contributed by atoms with Gasteiger partial charge in [-0.05, 0) is 15.9 Å². The van der Waals surface area contributed by atoms with Crippen LogP contribution in [0.4, 0.5) is 0 Å². The molecule has 0 unspecified atom stereocenters. The van der Waals surface area contributed by atoms with Gasteiger partial charge >= 0.3 is 0 Å². The molecule has 0 aromatic carbocycles. The molecule has 0 fully saturated rings. The average molecular weight is 296 g/mol. The van der Waals surface area contributed by atoms with Gasteiger partial charge in [-0.1, -0.05) is 46.4 Å². The summed E-state index contributed by atoms with van der Waals surface area (Å²) in [6.07, 6.45) is 0. The lowest BCUT2D eigenvalue weighted by molar-refractivity contribution is 1.31. The molecule has 0 saturated heterocycles. The Morgan fingerprint density at radius 3 is 1.64 bits per heavy atom. The third-order valence-corrected chi connectivity index (χ3v) is 3.67. The SMILES string of the molecule is Clc1nc(Cl)c(Cl)c(Br)c1Cl. The zero-order valence-corrected chi connectivity index (χ0v) is 9.45. The fourth-order valence-corrected chi connectivity index (χ4v) is 1.79. The van der Waals surface area contributed by atoms with E-state index in [-0.39, 0.29) is 20.4 Å². The van der Waals surface area contributed by atoms with Crippen molar-refractivity contribution in [1.29, 1.82) is 0 Å². The fourth-order valence-electron chi connectivity index (χ4n) is 0.462. The Hall–Kier alpha value is 0.790. The summed E-state index contributed by atoms with van der Waals surface area (Å²) in [4.78, 5) is 3.67. The summed E-state index contributed by atoms with van der Waals surface area (Å²) in [5, 5.41) is 0.794. The van der Waals surface area contributed by atoms with Crippen molar-refractivity contribution < 1.29 is 0 Å². The van der Waals surface area contributed by atoms with Gasteiger partial charge in [0, 0.05) is 0 Å². The Balaban J connectivity index is 3.46. The van der Waals surface area contributed by atoms with Crippen LogP contribution in [0.1, 0.15) is 0 Å². The van der Waals surface area contributed by atoms with Gasteiger partial charge in [-0.2, -0.15) is 0 Å². The largest absolute Gasteiger partial charge is 0.221 e. The summed E-state index contributed by atoms with van der Waals surface area (Å²) < 4.78 is 0.464. The van der Waals surface area contributed by atoms with Crippen LogP contribution in [0.3, 0.4) is 0 Å². The van der Waals surface area contributed by atoms with Crippen molar-refractivity contribution in [1.82, 2.24) is 4.98 Å². The molecule has 1 aromatic rings. The average Bonchev–Trinajstić information content (AvgIpc) is 1.97. The fraction of sp³-hybridized carbons (Fsp3) is 0.